The molecule has 1 aliphatic rings. The van der Waals surface area contributed by atoms with Crippen molar-refractivity contribution < 1.29 is 4.79 Å². The van der Waals surface area contributed by atoms with Crippen LogP contribution in [0.3, 0.4) is 0 Å². The van der Waals surface area contributed by atoms with E-state index < -0.39 is 0 Å². The second-order valence-corrected chi connectivity index (χ2v) is 7.20. The largest absolute Gasteiger partial charge is 0.312 e. The van der Waals surface area contributed by atoms with E-state index in [0.717, 1.165) is 23.7 Å². The first kappa shape index (κ1) is 16.9. The Labute approximate surface area is 145 Å². The molecule has 8 heteroatoms. The normalized spacial score (nSPS) is 17.9. The molecule has 2 aromatic heterocycles. The van der Waals surface area contributed by atoms with Gasteiger partial charge < -0.3 is 10.6 Å². The van der Waals surface area contributed by atoms with E-state index in [4.69, 9.17) is 0 Å². The van der Waals surface area contributed by atoms with Crippen molar-refractivity contribution in [3.05, 3.63) is 30.2 Å². The molecule has 0 aromatic carbocycles. The highest BCUT2D eigenvalue weighted by molar-refractivity contribution is 7.99. The van der Waals surface area contributed by atoms with Crippen LogP contribution in [0.2, 0.25) is 0 Å². The van der Waals surface area contributed by atoms with Crippen LogP contribution in [-0.4, -0.2) is 49.7 Å². The van der Waals surface area contributed by atoms with Gasteiger partial charge >= 0.3 is 0 Å². The fourth-order valence-corrected chi connectivity index (χ4v) is 3.44. The van der Waals surface area contributed by atoms with Crippen molar-refractivity contribution in [2.24, 2.45) is 0 Å². The predicted octanol–water partition coefficient (Wildman–Crippen LogP) is 1.82. The van der Waals surface area contributed by atoms with Crippen molar-refractivity contribution in [1.82, 2.24) is 25.1 Å². The standard InChI is InChI=1S/C16H22N6OS/c1-11(2)13-9-14(22(21-13)16-18-4-3-5-19-16)20-15(23)8-12-10-24-7-6-17-12/h3-5,9,11-12,17H,6-8,10H2,1-2H3,(H,20,23). The lowest BCUT2D eigenvalue weighted by Crippen LogP contribution is -2.40. The average molecular weight is 346 g/mol. The van der Waals surface area contributed by atoms with Gasteiger partial charge in [0.25, 0.3) is 5.95 Å². The maximum Gasteiger partial charge on any atom is 0.252 e. The zero-order valence-corrected chi connectivity index (χ0v) is 14.7. The maximum atomic E-state index is 12.4. The maximum absolute atomic E-state index is 12.4. The molecule has 2 aromatic rings. The molecule has 3 heterocycles. The number of carbonyl (C=O) groups excluding carboxylic acids is 1. The molecule has 0 saturated carbocycles. The van der Waals surface area contributed by atoms with E-state index in [-0.39, 0.29) is 17.9 Å². The molecule has 0 bridgehead atoms. The Morgan fingerprint density at radius 3 is 2.92 bits per heavy atom. The summed E-state index contributed by atoms with van der Waals surface area (Å²) in [7, 11) is 0. The van der Waals surface area contributed by atoms with Gasteiger partial charge in [-0.05, 0) is 12.0 Å². The molecule has 3 rings (SSSR count). The third-order valence-corrected chi connectivity index (χ3v) is 4.89. The molecule has 24 heavy (non-hydrogen) atoms. The number of carbonyl (C=O) groups is 1. The summed E-state index contributed by atoms with van der Waals surface area (Å²) in [5.41, 5.74) is 0.893. The van der Waals surface area contributed by atoms with Crippen LogP contribution in [0.5, 0.6) is 0 Å². The number of nitrogens with zero attached hydrogens (tertiary/aromatic N) is 4. The van der Waals surface area contributed by atoms with Gasteiger partial charge in [-0.2, -0.15) is 21.5 Å². The minimum atomic E-state index is -0.0256. The first-order chi connectivity index (χ1) is 11.6. The summed E-state index contributed by atoms with van der Waals surface area (Å²) >= 11 is 1.88. The highest BCUT2D eigenvalue weighted by Gasteiger charge is 2.19. The SMILES string of the molecule is CC(C)c1cc(NC(=O)CC2CSCCN2)n(-c2ncccn2)n1. The van der Waals surface area contributed by atoms with E-state index in [1.54, 1.807) is 23.1 Å². The first-order valence-electron chi connectivity index (χ1n) is 8.12. The predicted molar refractivity (Wildman–Crippen MR) is 95.6 cm³/mol. The van der Waals surface area contributed by atoms with Gasteiger partial charge in [0.05, 0.1) is 5.69 Å². The third-order valence-electron chi connectivity index (χ3n) is 3.76. The average Bonchev–Trinajstić information content (AvgIpc) is 3.00. The molecule has 1 aliphatic heterocycles. The number of hydrogen-bond acceptors (Lipinski definition) is 6. The summed E-state index contributed by atoms with van der Waals surface area (Å²) in [6.07, 6.45) is 3.77. The van der Waals surface area contributed by atoms with Gasteiger partial charge in [0.15, 0.2) is 0 Å². The Morgan fingerprint density at radius 1 is 1.46 bits per heavy atom. The Kier molecular flexibility index (Phi) is 5.47. The van der Waals surface area contributed by atoms with Crippen LogP contribution < -0.4 is 10.6 Å². The lowest BCUT2D eigenvalue weighted by atomic mass is 10.1. The van der Waals surface area contributed by atoms with Gasteiger partial charge in [-0.25, -0.2) is 9.97 Å². The molecule has 7 nitrogen and oxygen atoms in total. The van der Waals surface area contributed by atoms with Gasteiger partial charge in [-0.15, -0.1) is 0 Å². The van der Waals surface area contributed by atoms with Crippen molar-refractivity contribution in [3.63, 3.8) is 0 Å². The molecule has 0 aliphatic carbocycles. The molecule has 1 unspecified atom stereocenters. The van der Waals surface area contributed by atoms with Crippen molar-refractivity contribution in [2.75, 3.05) is 23.4 Å². The van der Waals surface area contributed by atoms with Gasteiger partial charge in [0.1, 0.15) is 5.82 Å². The lowest BCUT2D eigenvalue weighted by molar-refractivity contribution is -0.116. The Morgan fingerprint density at radius 2 is 2.25 bits per heavy atom. The number of amides is 1. The fourth-order valence-electron chi connectivity index (χ4n) is 2.49. The quantitative estimate of drug-likeness (QED) is 0.859. The Hall–Kier alpha value is -1.93. The minimum Gasteiger partial charge on any atom is -0.312 e. The smallest absolute Gasteiger partial charge is 0.252 e. The lowest BCUT2D eigenvalue weighted by Gasteiger charge is -2.22. The van der Waals surface area contributed by atoms with Gasteiger partial charge in [-0.3, -0.25) is 4.79 Å². The third kappa shape index (κ3) is 4.12. The highest BCUT2D eigenvalue weighted by Crippen LogP contribution is 2.21. The molecule has 1 saturated heterocycles. The molecular formula is C16H22N6OS. The van der Waals surface area contributed by atoms with Gasteiger partial charge in [-0.1, -0.05) is 13.8 Å². The van der Waals surface area contributed by atoms with E-state index >= 15 is 0 Å². The summed E-state index contributed by atoms with van der Waals surface area (Å²) in [5.74, 6) is 3.36. The number of nitrogens with one attached hydrogen (secondary N) is 2. The molecule has 1 fully saturated rings. The fraction of sp³-hybridized carbons (Fsp3) is 0.500. The topological polar surface area (TPSA) is 84.7 Å². The molecule has 1 atom stereocenters. The van der Waals surface area contributed by atoms with Gasteiger partial charge in [0.2, 0.25) is 5.91 Å². The summed E-state index contributed by atoms with van der Waals surface area (Å²) in [6.45, 7) is 5.08. The van der Waals surface area contributed by atoms with Crippen molar-refractivity contribution in [2.45, 2.75) is 32.2 Å². The summed E-state index contributed by atoms with van der Waals surface area (Å²) < 4.78 is 1.59. The molecule has 128 valence electrons. The second-order valence-electron chi connectivity index (χ2n) is 6.05. The monoisotopic (exact) mass is 346 g/mol. The van der Waals surface area contributed by atoms with Crippen LogP contribution in [0.15, 0.2) is 24.5 Å². The molecule has 0 radical (unpaired) electrons. The zero-order valence-electron chi connectivity index (χ0n) is 13.9. The van der Waals surface area contributed by atoms with Crippen LogP contribution in [0.4, 0.5) is 5.82 Å². The van der Waals surface area contributed by atoms with Crippen molar-refractivity contribution >= 4 is 23.5 Å². The number of rotatable bonds is 5. The van der Waals surface area contributed by atoms with E-state index in [0.29, 0.717) is 18.2 Å². The molecule has 2 N–H and O–H groups in total. The van der Waals surface area contributed by atoms with Crippen molar-refractivity contribution in [3.8, 4) is 5.95 Å². The number of anilines is 1. The molecular weight excluding hydrogens is 324 g/mol. The van der Waals surface area contributed by atoms with Crippen LogP contribution in [-0.2, 0) is 4.79 Å². The molecule has 0 spiro atoms. The minimum absolute atomic E-state index is 0.0256. The van der Waals surface area contributed by atoms with Crippen LogP contribution >= 0.6 is 11.8 Å². The summed E-state index contributed by atoms with van der Waals surface area (Å²) in [5, 5.41) is 10.9. The van der Waals surface area contributed by atoms with Crippen LogP contribution in [0, 0.1) is 0 Å². The van der Waals surface area contributed by atoms with E-state index in [1.165, 1.54) is 0 Å². The van der Waals surface area contributed by atoms with E-state index in [9.17, 15) is 4.79 Å². The zero-order chi connectivity index (χ0) is 16.9. The Bertz CT molecular complexity index is 681. The first-order valence-corrected chi connectivity index (χ1v) is 9.27. The van der Waals surface area contributed by atoms with E-state index in [1.807, 2.05) is 17.8 Å². The van der Waals surface area contributed by atoms with Crippen molar-refractivity contribution in [1.29, 1.82) is 0 Å². The highest BCUT2D eigenvalue weighted by atomic mass is 32.2. The van der Waals surface area contributed by atoms with Gasteiger partial charge in [0, 0.05) is 49.0 Å². The number of thioether (sulfide) groups is 1. The number of hydrogen-bond donors (Lipinski definition) is 2. The molecule has 1 amide bonds. The van der Waals surface area contributed by atoms with Crippen LogP contribution in [0.1, 0.15) is 31.9 Å². The van der Waals surface area contributed by atoms with Crippen LogP contribution in [0.25, 0.3) is 5.95 Å². The number of aromatic nitrogens is 4. The summed E-state index contributed by atoms with van der Waals surface area (Å²) in [4.78, 5) is 20.9. The Balaban J connectivity index is 1.77. The second kappa shape index (κ2) is 7.76. The van der Waals surface area contributed by atoms with E-state index in [2.05, 4.69) is 39.5 Å². The summed E-state index contributed by atoms with van der Waals surface area (Å²) in [6, 6.07) is 3.86.